The zero-order chi connectivity index (χ0) is 14.8. The first-order valence-electron chi connectivity index (χ1n) is 6.44. The predicted molar refractivity (Wildman–Crippen MR) is 81.6 cm³/mol. The first-order valence-corrected chi connectivity index (χ1v) is 7.35. The van der Waals surface area contributed by atoms with Gasteiger partial charge in [0.25, 0.3) is 5.91 Å². The second-order valence-corrected chi connectivity index (χ2v) is 5.37. The number of hydrazone groups is 1. The summed E-state index contributed by atoms with van der Waals surface area (Å²) in [6, 6.07) is 10.7. The highest BCUT2D eigenvalue weighted by molar-refractivity contribution is 6.31. The van der Waals surface area contributed by atoms with E-state index in [1.807, 2.05) is 24.3 Å². The molecule has 2 aromatic rings. The van der Waals surface area contributed by atoms with Gasteiger partial charge in [0.05, 0.1) is 12.0 Å². The van der Waals surface area contributed by atoms with Gasteiger partial charge in [0.2, 0.25) is 0 Å². The molecule has 1 aromatic heterocycles. The van der Waals surface area contributed by atoms with Crippen LogP contribution in [0.4, 0.5) is 0 Å². The molecule has 0 aliphatic carbocycles. The summed E-state index contributed by atoms with van der Waals surface area (Å²) < 4.78 is 5.41. The monoisotopic (exact) mass is 322 g/mol. The van der Waals surface area contributed by atoms with Crippen LogP contribution in [0.15, 0.2) is 52.2 Å². The molecule has 0 bridgehead atoms. The highest BCUT2D eigenvalue weighted by atomic mass is 35.5. The van der Waals surface area contributed by atoms with Crippen LogP contribution in [0, 0.1) is 0 Å². The standard InChI is InChI=1S/C15H12Cl2N2O2/c16-9-15(20)19-13(14-5-2-6-21-14)8-12(18-19)10-3-1-4-11(17)7-10/h1-7,13H,8-9H2/t13-/m1/s1. The van der Waals surface area contributed by atoms with Crippen LogP contribution in [0.2, 0.25) is 5.02 Å². The Morgan fingerprint density at radius 2 is 2.24 bits per heavy atom. The SMILES string of the molecule is O=C(CCl)N1N=C(c2cccc(Cl)c2)C[C@@H]1c1ccco1. The van der Waals surface area contributed by atoms with Gasteiger partial charge in [0.1, 0.15) is 17.7 Å². The van der Waals surface area contributed by atoms with Crippen LogP contribution in [0.3, 0.4) is 0 Å². The molecular weight excluding hydrogens is 311 g/mol. The molecule has 3 rings (SSSR count). The normalized spacial score (nSPS) is 17.9. The van der Waals surface area contributed by atoms with Crippen LogP contribution < -0.4 is 0 Å². The Hall–Kier alpha value is -1.78. The number of carbonyl (C=O) groups is 1. The number of benzene rings is 1. The zero-order valence-corrected chi connectivity index (χ0v) is 12.5. The summed E-state index contributed by atoms with van der Waals surface area (Å²) in [6.45, 7) is 0. The lowest BCUT2D eigenvalue weighted by Crippen LogP contribution is -2.27. The number of hydrogen-bond donors (Lipinski definition) is 0. The van der Waals surface area contributed by atoms with Crippen molar-refractivity contribution in [3.8, 4) is 0 Å². The van der Waals surface area contributed by atoms with Crippen molar-refractivity contribution in [1.29, 1.82) is 0 Å². The van der Waals surface area contributed by atoms with Gasteiger partial charge in [0, 0.05) is 11.4 Å². The number of halogens is 2. The molecule has 1 atom stereocenters. The molecule has 1 aliphatic heterocycles. The predicted octanol–water partition coefficient (Wildman–Crippen LogP) is 3.85. The summed E-state index contributed by atoms with van der Waals surface area (Å²) in [4.78, 5) is 12.0. The van der Waals surface area contributed by atoms with Crippen molar-refractivity contribution in [2.24, 2.45) is 5.10 Å². The molecule has 0 radical (unpaired) electrons. The molecule has 21 heavy (non-hydrogen) atoms. The first-order chi connectivity index (χ1) is 10.2. The molecule has 6 heteroatoms. The third-order valence-corrected chi connectivity index (χ3v) is 3.77. The third kappa shape index (κ3) is 2.82. The summed E-state index contributed by atoms with van der Waals surface area (Å²) in [5.74, 6) is 0.313. The molecule has 1 amide bonds. The van der Waals surface area contributed by atoms with Gasteiger partial charge in [-0.05, 0) is 29.8 Å². The van der Waals surface area contributed by atoms with Crippen LogP contribution in [-0.2, 0) is 4.79 Å². The van der Waals surface area contributed by atoms with Gasteiger partial charge in [-0.15, -0.1) is 11.6 Å². The fraction of sp³-hybridized carbons (Fsp3) is 0.200. The Labute approximate surface area is 131 Å². The summed E-state index contributed by atoms with van der Waals surface area (Å²) in [5.41, 5.74) is 1.68. The molecule has 0 saturated heterocycles. The Morgan fingerprint density at radius 1 is 1.38 bits per heavy atom. The Balaban J connectivity index is 1.95. The minimum atomic E-state index is -0.264. The van der Waals surface area contributed by atoms with Gasteiger partial charge < -0.3 is 4.42 Å². The minimum absolute atomic E-state index is 0.121. The van der Waals surface area contributed by atoms with E-state index >= 15 is 0 Å². The average Bonchev–Trinajstić information content (AvgIpc) is 3.15. The van der Waals surface area contributed by atoms with E-state index in [2.05, 4.69) is 5.10 Å². The summed E-state index contributed by atoms with van der Waals surface area (Å²) in [6.07, 6.45) is 2.15. The molecule has 0 fully saturated rings. The van der Waals surface area contributed by atoms with Crippen LogP contribution in [0.25, 0.3) is 0 Å². The molecule has 0 N–H and O–H groups in total. The van der Waals surface area contributed by atoms with Gasteiger partial charge in [-0.1, -0.05) is 23.7 Å². The molecule has 4 nitrogen and oxygen atoms in total. The van der Waals surface area contributed by atoms with Crippen molar-refractivity contribution in [3.63, 3.8) is 0 Å². The third-order valence-electron chi connectivity index (χ3n) is 3.31. The van der Waals surface area contributed by atoms with E-state index < -0.39 is 0 Å². The highest BCUT2D eigenvalue weighted by Crippen LogP contribution is 2.33. The van der Waals surface area contributed by atoms with Gasteiger partial charge in [-0.2, -0.15) is 5.10 Å². The van der Waals surface area contributed by atoms with Crippen molar-refractivity contribution in [2.45, 2.75) is 12.5 Å². The van der Waals surface area contributed by atoms with Crippen molar-refractivity contribution >= 4 is 34.8 Å². The number of hydrogen-bond acceptors (Lipinski definition) is 3. The topological polar surface area (TPSA) is 45.8 Å². The van der Waals surface area contributed by atoms with Crippen LogP contribution in [0.1, 0.15) is 23.8 Å². The maximum absolute atomic E-state index is 12.0. The van der Waals surface area contributed by atoms with E-state index in [1.54, 1.807) is 18.4 Å². The summed E-state index contributed by atoms with van der Waals surface area (Å²) in [5, 5.41) is 6.43. The van der Waals surface area contributed by atoms with Crippen LogP contribution in [0.5, 0.6) is 0 Å². The lowest BCUT2D eigenvalue weighted by Gasteiger charge is -2.18. The highest BCUT2D eigenvalue weighted by Gasteiger charge is 2.34. The van der Waals surface area contributed by atoms with Crippen molar-refractivity contribution in [2.75, 3.05) is 5.88 Å². The largest absolute Gasteiger partial charge is 0.467 e. The molecule has 108 valence electrons. The van der Waals surface area contributed by atoms with Crippen molar-refractivity contribution in [1.82, 2.24) is 5.01 Å². The van der Waals surface area contributed by atoms with Crippen LogP contribution >= 0.6 is 23.2 Å². The summed E-state index contributed by atoms with van der Waals surface area (Å²) >= 11 is 11.7. The van der Waals surface area contributed by atoms with E-state index in [0.29, 0.717) is 17.2 Å². The number of amides is 1. The fourth-order valence-electron chi connectivity index (χ4n) is 2.35. The molecule has 0 unspecified atom stereocenters. The summed E-state index contributed by atoms with van der Waals surface area (Å²) in [7, 11) is 0. The zero-order valence-electron chi connectivity index (χ0n) is 11.0. The lowest BCUT2D eigenvalue weighted by atomic mass is 10.0. The molecular formula is C15H12Cl2N2O2. The van der Waals surface area contributed by atoms with E-state index in [1.165, 1.54) is 5.01 Å². The molecule has 1 aromatic carbocycles. The van der Waals surface area contributed by atoms with E-state index in [4.69, 9.17) is 27.6 Å². The van der Waals surface area contributed by atoms with Crippen molar-refractivity contribution in [3.05, 3.63) is 59.0 Å². The van der Waals surface area contributed by atoms with E-state index in [0.717, 1.165) is 11.3 Å². The number of nitrogens with zero attached hydrogens (tertiary/aromatic N) is 2. The molecule has 1 aliphatic rings. The minimum Gasteiger partial charge on any atom is -0.467 e. The number of carbonyl (C=O) groups excluding carboxylic acids is 1. The average molecular weight is 323 g/mol. The van der Waals surface area contributed by atoms with Gasteiger partial charge >= 0.3 is 0 Å². The smallest absolute Gasteiger partial charge is 0.258 e. The molecule has 0 spiro atoms. The quantitative estimate of drug-likeness (QED) is 0.806. The Morgan fingerprint density at radius 3 is 2.90 bits per heavy atom. The van der Waals surface area contributed by atoms with Crippen molar-refractivity contribution < 1.29 is 9.21 Å². The molecule has 0 saturated carbocycles. The Bertz CT molecular complexity index is 683. The maximum atomic E-state index is 12.0. The maximum Gasteiger partial charge on any atom is 0.258 e. The number of furan rings is 1. The second kappa shape index (κ2) is 5.92. The Kier molecular flexibility index (Phi) is 3.99. The van der Waals surface area contributed by atoms with Gasteiger partial charge in [-0.25, -0.2) is 5.01 Å². The lowest BCUT2D eigenvalue weighted by molar-refractivity contribution is -0.130. The second-order valence-electron chi connectivity index (χ2n) is 4.66. The van der Waals surface area contributed by atoms with E-state index in [9.17, 15) is 4.79 Å². The van der Waals surface area contributed by atoms with Gasteiger partial charge in [0.15, 0.2) is 0 Å². The van der Waals surface area contributed by atoms with Crippen LogP contribution in [-0.4, -0.2) is 22.5 Å². The van der Waals surface area contributed by atoms with E-state index in [-0.39, 0.29) is 17.8 Å². The number of rotatable bonds is 3. The van der Waals surface area contributed by atoms with Gasteiger partial charge in [-0.3, -0.25) is 4.79 Å². The number of alkyl halides is 1. The fourth-order valence-corrected chi connectivity index (χ4v) is 2.66. The molecule has 2 heterocycles. The first kappa shape index (κ1) is 14.2.